The third kappa shape index (κ3) is 2.71. The highest BCUT2D eigenvalue weighted by Gasteiger charge is 2.50. The van der Waals surface area contributed by atoms with Crippen molar-refractivity contribution in [1.29, 1.82) is 0 Å². The van der Waals surface area contributed by atoms with Crippen molar-refractivity contribution in [3.05, 3.63) is 43.7 Å². The molecule has 1 aliphatic heterocycles. The van der Waals surface area contributed by atoms with Crippen LogP contribution < -0.4 is 21.0 Å². The number of alkyl halides is 2. The summed E-state index contributed by atoms with van der Waals surface area (Å²) >= 11 is 4.94. The number of rotatable bonds is 2. The normalized spacial score (nSPS) is 15.0. The molecule has 1 aliphatic rings. The molecule has 0 aliphatic carbocycles. The number of ether oxygens (including phenoxy) is 1. The number of hydrogen-bond acceptors (Lipinski definition) is 5. The molecule has 0 spiro atoms. The highest BCUT2D eigenvalue weighted by molar-refractivity contribution is 7.71. The molecule has 0 unspecified atom stereocenters. The smallest absolute Gasteiger partial charge is 0.423 e. The van der Waals surface area contributed by atoms with Crippen molar-refractivity contribution >= 4 is 23.8 Å². The second-order valence-electron chi connectivity index (χ2n) is 5.79. The summed E-state index contributed by atoms with van der Waals surface area (Å²) in [7, 11) is 2.55. The maximum absolute atomic E-state index is 14.6. The van der Waals surface area contributed by atoms with Gasteiger partial charge in [-0.2, -0.15) is 8.78 Å². The average Bonchev–Trinajstić information content (AvgIpc) is 2.63. The topological polar surface area (TPSA) is 78.5 Å². The molecule has 1 amide bonds. The van der Waals surface area contributed by atoms with E-state index in [-0.39, 0.29) is 10.5 Å². The summed E-state index contributed by atoms with van der Waals surface area (Å²) in [6.45, 7) is -0.568. The van der Waals surface area contributed by atoms with Crippen LogP contribution in [0.25, 0.3) is 5.69 Å². The maximum Gasteiger partial charge on any atom is 0.483 e. The van der Waals surface area contributed by atoms with Gasteiger partial charge in [0.1, 0.15) is 0 Å². The molecule has 0 radical (unpaired) electrons. The summed E-state index contributed by atoms with van der Waals surface area (Å²) < 4.78 is 48.6. The quantitative estimate of drug-likeness (QED) is 0.536. The lowest BCUT2D eigenvalue weighted by Gasteiger charge is -2.32. The fraction of sp³-hybridized carbons (Fsp3) is 0.250. The Labute approximate surface area is 160 Å². The van der Waals surface area contributed by atoms with Crippen LogP contribution in [-0.4, -0.2) is 32.3 Å². The van der Waals surface area contributed by atoms with E-state index in [4.69, 9.17) is 18.6 Å². The van der Waals surface area contributed by atoms with Gasteiger partial charge in [0.05, 0.1) is 17.9 Å². The van der Waals surface area contributed by atoms with E-state index in [1.54, 1.807) is 0 Å². The zero-order valence-electron chi connectivity index (χ0n) is 14.4. The monoisotopic (exact) mass is 412 g/mol. The molecule has 0 saturated heterocycles. The summed E-state index contributed by atoms with van der Waals surface area (Å²) in [6.07, 6.45) is 0.875. The molecule has 146 valence electrons. The Bertz CT molecular complexity index is 1200. The lowest BCUT2D eigenvalue weighted by atomic mass is 10.2. The highest BCUT2D eigenvalue weighted by Crippen LogP contribution is 2.41. The number of anilines is 1. The molecule has 0 bridgehead atoms. The lowest BCUT2D eigenvalue weighted by Crippen LogP contribution is -2.51. The first-order valence-corrected chi connectivity index (χ1v) is 7.97. The third-order valence-electron chi connectivity index (χ3n) is 4.07. The van der Waals surface area contributed by atoms with Gasteiger partial charge in [0, 0.05) is 20.2 Å². The van der Waals surface area contributed by atoms with Crippen molar-refractivity contribution < 1.29 is 22.7 Å². The predicted molar refractivity (Wildman–Crippen MR) is 93.8 cm³/mol. The second kappa shape index (κ2) is 6.38. The van der Waals surface area contributed by atoms with Crippen molar-refractivity contribution in [2.24, 2.45) is 14.1 Å². The van der Waals surface area contributed by atoms with Crippen LogP contribution in [-0.2, 0) is 18.9 Å². The summed E-state index contributed by atoms with van der Waals surface area (Å²) in [5, 5.41) is 0. The SMILES string of the molecule is C#CCN1C(=O)C(F)(F)Oc2cc(F)c(-n3c(=O)n(C)c(=S)n(C)c3=O)cc21. The van der Waals surface area contributed by atoms with Gasteiger partial charge in [-0.05, 0) is 18.3 Å². The van der Waals surface area contributed by atoms with Crippen LogP contribution in [0.15, 0.2) is 21.7 Å². The molecule has 12 heteroatoms. The molecule has 1 aromatic heterocycles. The van der Waals surface area contributed by atoms with Crippen LogP contribution in [0, 0.1) is 22.9 Å². The van der Waals surface area contributed by atoms with Crippen LogP contribution >= 0.6 is 12.2 Å². The fourth-order valence-electron chi connectivity index (χ4n) is 2.67. The molecule has 28 heavy (non-hydrogen) atoms. The van der Waals surface area contributed by atoms with Crippen molar-refractivity contribution in [1.82, 2.24) is 13.7 Å². The van der Waals surface area contributed by atoms with Crippen LogP contribution in [0.1, 0.15) is 0 Å². The Hall–Kier alpha value is -3.33. The predicted octanol–water partition coefficient (Wildman–Crippen LogP) is 0.695. The number of carbonyl (C=O) groups excluding carboxylic acids is 1. The second-order valence-corrected chi connectivity index (χ2v) is 6.15. The van der Waals surface area contributed by atoms with Gasteiger partial charge >= 0.3 is 23.4 Å². The third-order valence-corrected chi connectivity index (χ3v) is 4.62. The molecular formula is C16H11F3N4O4S. The van der Waals surface area contributed by atoms with E-state index in [0.717, 1.165) is 15.2 Å². The van der Waals surface area contributed by atoms with Gasteiger partial charge in [0.15, 0.2) is 16.3 Å². The van der Waals surface area contributed by atoms with Gasteiger partial charge < -0.3 is 4.74 Å². The summed E-state index contributed by atoms with van der Waals surface area (Å²) in [5.74, 6) is -1.60. The number of amides is 1. The molecular weight excluding hydrogens is 401 g/mol. The summed E-state index contributed by atoms with van der Waals surface area (Å²) in [6, 6.07) is 1.41. The van der Waals surface area contributed by atoms with E-state index >= 15 is 0 Å². The zero-order valence-corrected chi connectivity index (χ0v) is 15.2. The molecule has 0 saturated carbocycles. The maximum atomic E-state index is 14.6. The van der Waals surface area contributed by atoms with Crippen molar-refractivity contribution in [2.75, 3.05) is 11.4 Å². The zero-order chi connectivity index (χ0) is 21.0. The first-order chi connectivity index (χ1) is 13.0. The summed E-state index contributed by atoms with van der Waals surface area (Å²) in [5.41, 5.74) is -2.84. The molecule has 0 N–H and O–H groups in total. The van der Waals surface area contributed by atoms with Gasteiger partial charge in [-0.25, -0.2) is 18.5 Å². The van der Waals surface area contributed by atoms with E-state index in [1.807, 2.05) is 5.92 Å². The van der Waals surface area contributed by atoms with E-state index < -0.39 is 47.2 Å². The Morgan fingerprint density at radius 3 is 2.25 bits per heavy atom. The van der Waals surface area contributed by atoms with E-state index in [2.05, 4.69) is 4.74 Å². The first kappa shape index (κ1) is 19.4. The van der Waals surface area contributed by atoms with E-state index in [0.29, 0.717) is 15.5 Å². The minimum atomic E-state index is -4.25. The van der Waals surface area contributed by atoms with Crippen molar-refractivity contribution in [3.63, 3.8) is 0 Å². The fourth-order valence-corrected chi connectivity index (χ4v) is 2.83. The minimum Gasteiger partial charge on any atom is -0.423 e. The number of nitrogens with zero attached hydrogens (tertiary/aromatic N) is 4. The number of hydrogen-bond donors (Lipinski definition) is 0. The number of benzene rings is 1. The van der Waals surface area contributed by atoms with Gasteiger partial charge in [-0.15, -0.1) is 6.42 Å². The van der Waals surface area contributed by atoms with Crippen molar-refractivity contribution in [3.8, 4) is 23.8 Å². The molecule has 1 aromatic carbocycles. The summed E-state index contributed by atoms with van der Waals surface area (Å²) in [4.78, 5) is 37.4. The van der Waals surface area contributed by atoms with Crippen LogP contribution in [0.4, 0.5) is 18.9 Å². The number of terminal acetylenes is 1. The molecule has 2 aromatic rings. The van der Waals surface area contributed by atoms with Crippen molar-refractivity contribution in [2.45, 2.75) is 6.11 Å². The molecule has 0 fully saturated rings. The lowest BCUT2D eigenvalue weighted by molar-refractivity contribution is -0.192. The Morgan fingerprint density at radius 2 is 1.71 bits per heavy atom. The highest BCUT2D eigenvalue weighted by atomic mass is 32.1. The van der Waals surface area contributed by atoms with Crippen LogP contribution in [0.5, 0.6) is 5.75 Å². The number of aromatic nitrogens is 3. The van der Waals surface area contributed by atoms with Gasteiger partial charge in [0.25, 0.3) is 0 Å². The van der Waals surface area contributed by atoms with E-state index in [9.17, 15) is 27.6 Å². The largest absolute Gasteiger partial charge is 0.483 e. The number of carbonyl (C=O) groups is 1. The van der Waals surface area contributed by atoms with Crippen LogP contribution in [0.3, 0.4) is 0 Å². The molecule has 0 atom stereocenters. The van der Waals surface area contributed by atoms with Gasteiger partial charge in [-0.3, -0.25) is 18.8 Å². The Balaban J connectivity index is 2.37. The molecule has 3 rings (SSSR count). The minimum absolute atomic E-state index is 0.114. The Morgan fingerprint density at radius 1 is 1.14 bits per heavy atom. The van der Waals surface area contributed by atoms with E-state index in [1.165, 1.54) is 14.1 Å². The standard InChI is InChI=1S/C16H11F3N4O4S/c1-4-5-22-10-7-9(8(17)6-11(10)27-16(18,19)12(22)24)23-13(25)20(2)15(28)21(3)14(23)26/h1,6-7H,5H2,2-3H3. The van der Waals surface area contributed by atoms with Crippen LogP contribution in [0.2, 0.25) is 0 Å². The first-order valence-electron chi connectivity index (χ1n) is 7.56. The average molecular weight is 412 g/mol. The molecule has 8 nitrogen and oxygen atoms in total. The van der Waals surface area contributed by atoms with Gasteiger partial charge in [-0.1, -0.05) is 5.92 Å². The molecule has 2 heterocycles. The van der Waals surface area contributed by atoms with Gasteiger partial charge in [0.2, 0.25) is 0 Å². The number of halogens is 3. The Kier molecular flexibility index (Phi) is 4.43. The number of fused-ring (bicyclic) bond motifs is 1.